The molecule has 0 bridgehead atoms. The van der Waals surface area contributed by atoms with Crippen LogP contribution in [0.2, 0.25) is 0 Å². The fourth-order valence-electron chi connectivity index (χ4n) is 2.66. The fourth-order valence-corrected chi connectivity index (χ4v) is 2.66. The SMILES string of the molecule is CCc1nc2ccccc2n1CCCOc1ccccc1N. The molecule has 0 radical (unpaired) electrons. The fraction of sp³-hybridized carbons (Fsp3) is 0.278. The van der Waals surface area contributed by atoms with Gasteiger partial charge in [-0.1, -0.05) is 31.2 Å². The molecule has 22 heavy (non-hydrogen) atoms. The predicted octanol–water partition coefficient (Wildman–Crippen LogP) is 3.65. The van der Waals surface area contributed by atoms with Crippen LogP contribution in [0.15, 0.2) is 48.5 Å². The van der Waals surface area contributed by atoms with E-state index in [9.17, 15) is 0 Å². The van der Waals surface area contributed by atoms with Gasteiger partial charge in [0.15, 0.2) is 0 Å². The first-order valence-corrected chi connectivity index (χ1v) is 7.71. The van der Waals surface area contributed by atoms with Crippen molar-refractivity contribution < 1.29 is 4.74 Å². The molecular formula is C18H21N3O. The Labute approximate surface area is 130 Å². The molecule has 0 fully saturated rings. The summed E-state index contributed by atoms with van der Waals surface area (Å²) in [5, 5.41) is 0. The van der Waals surface area contributed by atoms with Gasteiger partial charge in [-0.3, -0.25) is 0 Å². The summed E-state index contributed by atoms with van der Waals surface area (Å²) in [7, 11) is 0. The molecule has 0 aliphatic rings. The van der Waals surface area contributed by atoms with Crippen molar-refractivity contribution >= 4 is 16.7 Å². The van der Waals surface area contributed by atoms with Gasteiger partial charge in [-0.15, -0.1) is 0 Å². The molecule has 3 rings (SSSR count). The lowest BCUT2D eigenvalue weighted by Gasteiger charge is -2.10. The number of hydrogen-bond donors (Lipinski definition) is 1. The lowest BCUT2D eigenvalue weighted by atomic mass is 10.3. The maximum absolute atomic E-state index is 5.88. The highest BCUT2D eigenvalue weighted by Gasteiger charge is 2.08. The maximum Gasteiger partial charge on any atom is 0.142 e. The third-order valence-electron chi connectivity index (χ3n) is 3.75. The lowest BCUT2D eigenvalue weighted by Crippen LogP contribution is -2.08. The number of aromatic nitrogens is 2. The summed E-state index contributed by atoms with van der Waals surface area (Å²) >= 11 is 0. The van der Waals surface area contributed by atoms with Gasteiger partial charge in [0.25, 0.3) is 0 Å². The highest BCUT2D eigenvalue weighted by molar-refractivity contribution is 5.75. The number of rotatable bonds is 6. The molecule has 0 saturated carbocycles. The van der Waals surface area contributed by atoms with E-state index in [-0.39, 0.29) is 0 Å². The van der Waals surface area contributed by atoms with Crippen LogP contribution < -0.4 is 10.5 Å². The van der Waals surface area contributed by atoms with Crippen molar-refractivity contribution in [2.24, 2.45) is 0 Å². The number of aryl methyl sites for hydroxylation is 2. The van der Waals surface area contributed by atoms with Crippen LogP contribution in [-0.4, -0.2) is 16.2 Å². The van der Waals surface area contributed by atoms with Crippen LogP contribution in [0, 0.1) is 0 Å². The highest BCUT2D eigenvalue weighted by Crippen LogP contribution is 2.20. The first kappa shape index (κ1) is 14.4. The first-order chi connectivity index (χ1) is 10.8. The van der Waals surface area contributed by atoms with Crippen LogP contribution >= 0.6 is 0 Å². The van der Waals surface area contributed by atoms with E-state index in [0.717, 1.165) is 36.5 Å². The minimum absolute atomic E-state index is 0.643. The summed E-state index contributed by atoms with van der Waals surface area (Å²) < 4.78 is 8.05. The van der Waals surface area contributed by atoms with Gasteiger partial charge in [0.2, 0.25) is 0 Å². The molecule has 0 aliphatic carbocycles. The van der Waals surface area contributed by atoms with E-state index in [1.165, 1.54) is 5.52 Å². The summed E-state index contributed by atoms with van der Waals surface area (Å²) in [5.74, 6) is 1.88. The Morgan fingerprint density at radius 1 is 1.09 bits per heavy atom. The van der Waals surface area contributed by atoms with Crippen LogP contribution in [0.1, 0.15) is 19.2 Å². The van der Waals surface area contributed by atoms with Crippen LogP contribution in [0.3, 0.4) is 0 Å². The second-order valence-corrected chi connectivity index (χ2v) is 5.26. The smallest absolute Gasteiger partial charge is 0.142 e. The summed E-state index contributed by atoms with van der Waals surface area (Å²) in [5.41, 5.74) is 8.82. The molecule has 114 valence electrons. The van der Waals surface area contributed by atoms with E-state index in [2.05, 4.69) is 34.7 Å². The van der Waals surface area contributed by atoms with Crippen molar-refractivity contribution in [3.8, 4) is 5.75 Å². The van der Waals surface area contributed by atoms with Crippen molar-refractivity contribution in [2.75, 3.05) is 12.3 Å². The molecular weight excluding hydrogens is 274 g/mol. The van der Waals surface area contributed by atoms with E-state index in [1.807, 2.05) is 30.3 Å². The molecule has 0 amide bonds. The Hall–Kier alpha value is -2.49. The van der Waals surface area contributed by atoms with Gasteiger partial charge < -0.3 is 15.0 Å². The summed E-state index contributed by atoms with van der Waals surface area (Å²) in [6.07, 6.45) is 1.85. The Morgan fingerprint density at radius 2 is 1.86 bits per heavy atom. The Bertz CT molecular complexity index is 764. The largest absolute Gasteiger partial charge is 0.491 e. The molecule has 0 aliphatic heterocycles. The molecule has 4 nitrogen and oxygen atoms in total. The van der Waals surface area contributed by atoms with Crippen molar-refractivity contribution in [2.45, 2.75) is 26.3 Å². The number of benzene rings is 2. The average Bonchev–Trinajstić information content (AvgIpc) is 2.91. The third kappa shape index (κ3) is 2.91. The molecule has 0 unspecified atom stereocenters. The monoisotopic (exact) mass is 295 g/mol. The normalized spacial score (nSPS) is 11.0. The van der Waals surface area contributed by atoms with Gasteiger partial charge in [-0.2, -0.15) is 0 Å². The van der Waals surface area contributed by atoms with Crippen molar-refractivity contribution in [1.82, 2.24) is 9.55 Å². The third-order valence-corrected chi connectivity index (χ3v) is 3.75. The molecule has 0 spiro atoms. The van der Waals surface area contributed by atoms with Crippen LogP contribution in [-0.2, 0) is 13.0 Å². The summed E-state index contributed by atoms with van der Waals surface area (Å²) in [6.45, 7) is 3.68. The van der Waals surface area contributed by atoms with Gasteiger partial charge in [-0.25, -0.2) is 4.98 Å². The van der Waals surface area contributed by atoms with Gasteiger partial charge in [0.1, 0.15) is 11.6 Å². The van der Waals surface area contributed by atoms with E-state index in [4.69, 9.17) is 10.5 Å². The molecule has 1 heterocycles. The average molecular weight is 295 g/mol. The Morgan fingerprint density at radius 3 is 2.68 bits per heavy atom. The number of anilines is 1. The van der Waals surface area contributed by atoms with Gasteiger partial charge >= 0.3 is 0 Å². The number of nitrogens with zero attached hydrogens (tertiary/aromatic N) is 2. The number of fused-ring (bicyclic) bond motifs is 1. The Kier molecular flexibility index (Phi) is 4.28. The van der Waals surface area contributed by atoms with Crippen molar-refractivity contribution in [1.29, 1.82) is 0 Å². The van der Waals surface area contributed by atoms with E-state index < -0.39 is 0 Å². The molecule has 2 N–H and O–H groups in total. The number of hydrogen-bond acceptors (Lipinski definition) is 3. The van der Waals surface area contributed by atoms with Gasteiger partial charge in [0, 0.05) is 13.0 Å². The van der Waals surface area contributed by atoms with Gasteiger partial charge in [-0.05, 0) is 30.7 Å². The minimum atomic E-state index is 0.643. The molecule has 4 heteroatoms. The Balaban J connectivity index is 1.65. The molecule has 0 atom stereocenters. The molecule has 2 aromatic carbocycles. The summed E-state index contributed by atoms with van der Waals surface area (Å²) in [4.78, 5) is 4.68. The number of nitrogens with two attached hydrogens (primary N) is 1. The van der Waals surface area contributed by atoms with Crippen LogP contribution in [0.25, 0.3) is 11.0 Å². The summed E-state index contributed by atoms with van der Waals surface area (Å²) in [6, 6.07) is 15.9. The number of nitrogen functional groups attached to an aromatic ring is 1. The van der Waals surface area contributed by atoms with Crippen molar-refractivity contribution in [3.05, 3.63) is 54.4 Å². The zero-order valence-corrected chi connectivity index (χ0v) is 12.8. The predicted molar refractivity (Wildman–Crippen MR) is 90.1 cm³/mol. The quantitative estimate of drug-likeness (QED) is 0.558. The minimum Gasteiger partial charge on any atom is -0.491 e. The van der Waals surface area contributed by atoms with E-state index in [1.54, 1.807) is 0 Å². The zero-order chi connectivity index (χ0) is 15.4. The van der Waals surface area contributed by atoms with Crippen molar-refractivity contribution in [3.63, 3.8) is 0 Å². The standard InChI is InChI=1S/C18H21N3O/c1-2-18-20-15-9-4-5-10-16(15)21(18)12-7-13-22-17-11-6-3-8-14(17)19/h3-6,8-11H,2,7,12-13,19H2,1H3. The number of para-hydroxylation sites is 4. The zero-order valence-electron chi connectivity index (χ0n) is 12.8. The van der Waals surface area contributed by atoms with Crippen LogP contribution in [0.4, 0.5) is 5.69 Å². The topological polar surface area (TPSA) is 53.1 Å². The van der Waals surface area contributed by atoms with Gasteiger partial charge in [0.05, 0.1) is 23.3 Å². The van der Waals surface area contributed by atoms with E-state index in [0.29, 0.717) is 12.3 Å². The highest BCUT2D eigenvalue weighted by atomic mass is 16.5. The first-order valence-electron chi connectivity index (χ1n) is 7.71. The second-order valence-electron chi connectivity index (χ2n) is 5.26. The molecule has 1 aromatic heterocycles. The molecule has 3 aromatic rings. The van der Waals surface area contributed by atoms with E-state index >= 15 is 0 Å². The number of imidazole rings is 1. The lowest BCUT2D eigenvalue weighted by molar-refractivity contribution is 0.303. The number of ether oxygens (including phenoxy) is 1. The van der Waals surface area contributed by atoms with Crippen LogP contribution in [0.5, 0.6) is 5.75 Å². The second kappa shape index (κ2) is 6.52. The molecule has 0 saturated heterocycles. The maximum atomic E-state index is 5.88.